The molecule has 0 saturated heterocycles. The lowest BCUT2D eigenvalue weighted by molar-refractivity contribution is -0.171. The molecule has 1 aliphatic rings. The molecule has 0 unspecified atom stereocenters. The number of methoxy groups -OCH3 is 1. The van der Waals surface area contributed by atoms with Gasteiger partial charge in [-0.1, -0.05) is 24.3 Å². The maximum absolute atomic E-state index is 12.8. The Kier molecular flexibility index (Phi) is 5.26. The molecule has 2 aromatic rings. The van der Waals surface area contributed by atoms with E-state index < -0.39 is 23.8 Å². The normalized spacial score (nSPS) is 15.4. The first-order valence-electron chi connectivity index (χ1n) is 8.16. The van der Waals surface area contributed by atoms with Crippen LogP contribution in [-0.2, 0) is 9.59 Å². The quantitative estimate of drug-likeness (QED) is 0.769. The number of ether oxygens (including phenoxy) is 1. The smallest absolute Gasteiger partial charge is 0.471 e. The molecule has 0 aromatic heterocycles. The molecule has 2 aromatic carbocycles. The Hall–Kier alpha value is -3.82. The lowest BCUT2D eigenvalue weighted by atomic mass is 10.1. The molecule has 0 radical (unpaired) electrons. The van der Waals surface area contributed by atoms with E-state index >= 15 is 0 Å². The number of nitrogens with zero attached hydrogens (tertiary/aromatic N) is 2. The average Bonchev–Trinajstić information content (AvgIpc) is 2.99. The van der Waals surface area contributed by atoms with Gasteiger partial charge in [-0.2, -0.15) is 18.2 Å². The number of halogens is 3. The highest BCUT2D eigenvalue weighted by molar-refractivity contribution is 6.34. The number of para-hydroxylation sites is 1. The van der Waals surface area contributed by atoms with Crippen LogP contribution in [0.5, 0.6) is 11.5 Å². The molecule has 1 heterocycles. The fourth-order valence-corrected chi connectivity index (χ4v) is 2.51. The van der Waals surface area contributed by atoms with Gasteiger partial charge < -0.3 is 15.2 Å². The second-order valence-corrected chi connectivity index (χ2v) is 5.84. The summed E-state index contributed by atoms with van der Waals surface area (Å²) in [5.74, 6) is -3.60. The molecule has 1 aliphatic heterocycles. The monoisotopic (exact) mass is 405 g/mol. The molecule has 0 saturated carbocycles. The van der Waals surface area contributed by atoms with Crippen molar-refractivity contribution in [3.8, 4) is 11.5 Å². The zero-order chi connectivity index (χ0) is 21.2. The first-order valence-corrected chi connectivity index (χ1v) is 8.16. The molecule has 0 atom stereocenters. The largest absolute Gasteiger partial charge is 0.504 e. The molecule has 2 amide bonds. The average molecular weight is 405 g/mol. The van der Waals surface area contributed by atoms with Crippen molar-refractivity contribution in [2.24, 2.45) is 5.10 Å². The number of anilines is 1. The molecule has 7 nitrogen and oxygen atoms in total. The molecule has 150 valence electrons. The third-order valence-corrected chi connectivity index (χ3v) is 3.88. The number of amides is 2. The van der Waals surface area contributed by atoms with E-state index in [4.69, 9.17) is 4.74 Å². The number of hydrogen-bond donors (Lipinski definition) is 2. The van der Waals surface area contributed by atoms with Gasteiger partial charge in [-0.15, -0.1) is 5.10 Å². The van der Waals surface area contributed by atoms with Gasteiger partial charge in [0.25, 0.3) is 5.91 Å². The maximum Gasteiger partial charge on any atom is 0.471 e. The van der Waals surface area contributed by atoms with E-state index in [0.29, 0.717) is 11.3 Å². The number of benzene rings is 2. The van der Waals surface area contributed by atoms with Crippen molar-refractivity contribution >= 4 is 29.4 Å². The number of alkyl halides is 3. The van der Waals surface area contributed by atoms with Crippen molar-refractivity contribution in [1.29, 1.82) is 0 Å². The van der Waals surface area contributed by atoms with Crippen molar-refractivity contribution in [3.63, 3.8) is 0 Å². The molecule has 10 heteroatoms. The van der Waals surface area contributed by atoms with Crippen molar-refractivity contribution in [1.82, 2.24) is 5.32 Å². The minimum Gasteiger partial charge on any atom is -0.504 e. The van der Waals surface area contributed by atoms with Gasteiger partial charge in [0.15, 0.2) is 17.3 Å². The molecule has 29 heavy (non-hydrogen) atoms. The molecule has 0 spiro atoms. The molecule has 2 N–H and O–H groups in total. The number of hydrazone groups is 1. The summed E-state index contributed by atoms with van der Waals surface area (Å²) in [5.41, 5.74) is 0.383. The highest BCUT2D eigenvalue weighted by atomic mass is 19.4. The number of nitrogens with one attached hydrogen (secondary N) is 1. The van der Waals surface area contributed by atoms with Crippen LogP contribution < -0.4 is 15.1 Å². The summed E-state index contributed by atoms with van der Waals surface area (Å²) in [6.45, 7) is 0. The van der Waals surface area contributed by atoms with Crippen molar-refractivity contribution in [3.05, 3.63) is 59.7 Å². The standard InChI is InChI=1S/C19H14F3N3O4/c1-29-15-10-11(7-8-14(15)26)9-13-16(23-18(28)19(20,21)22)24-25(17(13)27)12-5-3-2-4-6-12/h2-10,26H,1H3,(H,23,24,28)/b13-9+. The minimum atomic E-state index is -5.15. The van der Waals surface area contributed by atoms with Crippen LogP contribution in [0.4, 0.5) is 18.9 Å². The zero-order valence-corrected chi connectivity index (χ0v) is 14.9. The van der Waals surface area contributed by atoms with Crippen molar-refractivity contribution < 1.29 is 32.6 Å². The van der Waals surface area contributed by atoms with E-state index in [1.54, 1.807) is 23.5 Å². The Labute approximate surface area is 162 Å². The van der Waals surface area contributed by atoms with Crippen LogP contribution in [-0.4, -0.2) is 36.0 Å². The summed E-state index contributed by atoms with van der Waals surface area (Å²) in [5, 5.41) is 16.0. The fraction of sp³-hybridized carbons (Fsp3) is 0.105. The number of phenols is 1. The van der Waals surface area contributed by atoms with Crippen LogP contribution in [0.25, 0.3) is 6.08 Å². The third-order valence-electron chi connectivity index (χ3n) is 3.88. The number of rotatable bonds is 3. The Morgan fingerprint density at radius 1 is 1.21 bits per heavy atom. The summed E-state index contributed by atoms with van der Waals surface area (Å²) in [6.07, 6.45) is -3.92. The Bertz CT molecular complexity index is 1020. The summed E-state index contributed by atoms with van der Waals surface area (Å²) in [6, 6.07) is 12.1. The number of carbonyl (C=O) groups excluding carboxylic acids is 2. The van der Waals surface area contributed by atoms with E-state index in [1.165, 1.54) is 43.5 Å². The van der Waals surface area contributed by atoms with E-state index in [-0.39, 0.29) is 17.1 Å². The summed E-state index contributed by atoms with van der Waals surface area (Å²) in [4.78, 5) is 24.2. The van der Waals surface area contributed by atoms with Crippen LogP contribution in [0.1, 0.15) is 5.56 Å². The summed E-state index contributed by atoms with van der Waals surface area (Å²) >= 11 is 0. The maximum atomic E-state index is 12.8. The molecule has 0 bridgehead atoms. The van der Waals surface area contributed by atoms with Gasteiger partial charge >= 0.3 is 12.1 Å². The molecular formula is C19H14F3N3O4. The number of carbonyl (C=O) groups is 2. The van der Waals surface area contributed by atoms with Gasteiger partial charge in [0.2, 0.25) is 0 Å². The number of amidine groups is 1. The summed E-state index contributed by atoms with van der Waals surface area (Å²) in [7, 11) is 1.32. The zero-order valence-electron chi connectivity index (χ0n) is 14.9. The van der Waals surface area contributed by atoms with E-state index in [2.05, 4.69) is 5.10 Å². The minimum absolute atomic E-state index is 0.0996. The number of aromatic hydroxyl groups is 1. The van der Waals surface area contributed by atoms with Crippen LogP contribution >= 0.6 is 0 Å². The van der Waals surface area contributed by atoms with Gasteiger partial charge in [0.1, 0.15) is 0 Å². The SMILES string of the molecule is COc1cc(/C=C2/C(=O)N(c3ccccc3)N=C2NC(=O)C(F)(F)F)ccc1O. The molecule has 3 rings (SSSR count). The second kappa shape index (κ2) is 7.66. The Balaban J connectivity index is 2.04. The highest BCUT2D eigenvalue weighted by Crippen LogP contribution is 2.29. The molecular weight excluding hydrogens is 391 g/mol. The Morgan fingerprint density at radius 3 is 2.52 bits per heavy atom. The lowest BCUT2D eigenvalue weighted by Crippen LogP contribution is -2.41. The molecule has 0 aliphatic carbocycles. The predicted octanol–water partition coefficient (Wildman–Crippen LogP) is 2.82. The van der Waals surface area contributed by atoms with Crippen LogP contribution in [0.3, 0.4) is 0 Å². The number of hydrogen-bond acceptors (Lipinski definition) is 5. The fourth-order valence-electron chi connectivity index (χ4n) is 2.51. The van der Waals surface area contributed by atoms with Gasteiger partial charge in [0.05, 0.1) is 18.4 Å². The lowest BCUT2D eigenvalue weighted by Gasteiger charge is -2.10. The topological polar surface area (TPSA) is 91.2 Å². The predicted molar refractivity (Wildman–Crippen MR) is 98.2 cm³/mol. The van der Waals surface area contributed by atoms with Crippen molar-refractivity contribution in [2.45, 2.75) is 6.18 Å². The van der Waals surface area contributed by atoms with Crippen LogP contribution in [0.15, 0.2) is 59.2 Å². The first kappa shape index (κ1) is 19.9. The highest BCUT2D eigenvalue weighted by Gasteiger charge is 2.42. The van der Waals surface area contributed by atoms with Crippen LogP contribution in [0.2, 0.25) is 0 Å². The van der Waals surface area contributed by atoms with E-state index in [1.807, 2.05) is 0 Å². The van der Waals surface area contributed by atoms with Gasteiger partial charge in [-0.25, -0.2) is 0 Å². The second-order valence-electron chi connectivity index (χ2n) is 5.84. The van der Waals surface area contributed by atoms with Crippen molar-refractivity contribution in [2.75, 3.05) is 12.1 Å². The molecule has 0 fully saturated rings. The van der Waals surface area contributed by atoms with E-state index in [9.17, 15) is 27.9 Å². The van der Waals surface area contributed by atoms with Gasteiger partial charge in [-0.05, 0) is 35.9 Å². The first-order chi connectivity index (χ1) is 13.7. The van der Waals surface area contributed by atoms with Gasteiger partial charge in [-0.3, -0.25) is 9.59 Å². The number of phenolic OH excluding ortho intramolecular Hbond substituents is 1. The van der Waals surface area contributed by atoms with Crippen LogP contribution in [0, 0.1) is 0 Å². The van der Waals surface area contributed by atoms with E-state index in [0.717, 1.165) is 5.01 Å². The Morgan fingerprint density at radius 2 is 1.90 bits per heavy atom. The third kappa shape index (κ3) is 4.21. The van der Waals surface area contributed by atoms with Gasteiger partial charge in [0, 0.05) is 0 Å². The summed E-state index contributed by atoms with van der Waals surface area (Å²) < 4.78 is 43.0.